The number of hydrogen-bond donors (Lipinski definition) is 0. The summed E-state index contributed by atoms with van der Waals surface area (Å²) in [4.78, 5) is 22.2. The zero-order chi connectivity index (χ0) is 10.8. The molecule has 1 aliphatic rings. The van der Waals surface area contributed by atoms with Gasteiger partial charge in [0.2, 0.25) is 0 Å². The second kappa shape index (κ2) is 3.86. The van der Waals surface area contributed by atoms with Gasteiger partial charge in [0.05, 0.1) is 37.3 Å². The third-order valence-electron chi connectivity index (χ3n) is 2.46. The summed E-state index contributed by atoms with van der Waals surface area (Å²) in [5.74, 6) is -0.433. The number of esters is 1. The molecule has 1 aliphatic heterocycles. The van der Waals surface area contributed by atoms with Crippen molar-refractivity contribution >= 4 is 12.3 Å². The summed E-state index contributed by atoms with van der Waals surface area (Å²) < 4.78 is 11.7. The highest BCUT2D eigenvalue weighted by Crippen LogP contribution is 2.20. The Morgan fingerprint density at radius 1 is 1.67 bits per heavy atom. The van der Waals surface area contributed by atoms with Crippen LogP contribution in [0.4, 0.5) is 0 Å². The largest absolute Gasteiger partial charge is 0.465 e. The number of nitrogens with zero attached hydrogens (tertiary/aromatic N) is 1. The van der Waals surface area contributed by atoms with Crippen LogP contribution in [0.3, 0.4) is 0 Å². The quantitative estimate of drug-likeness (QED) is 0.529. The van der Waals surface area contributed by atoms with E-state index in [0.717, 1.165) is 12.0 Å². The molecule has 0 atom stereocenters. The normalized spacial score (nSPS) is 14.5. The molecule has 5 heteroatoms. The minimum absolute atomic E-state index is 0.346. The summed E-state index contributed by atoms with van der Waals surface area (Å²) in [7, 11) is 1.32. The van der Waals surface area contributed by atoms with Gasteiger partial charge in [-0.3, -0.25) is 4.79 Å². The zero-order valence-corrected chi connectivity index (χ0v) is 8.36. The Morgan fingerprint density at radius 2 is 2.47 bits per heavy atom. The molecule has 80 valence electrons. The molecule has 0 unspecified atom stereocenters. The Labute approximate surface area is 86.6 Å². The average molecular weight is 209 g/mol. The lowest BCUT2D eigenvalue weighted by Gasteiger charge is -2.17. The molecule has 5 nitrogen and oxygen atoms in total. The molecule has 0 aromatic carbocycles. The molecule has 15 heavy (non-hydrogen) atoms. The second-order valence-electron chi connectivity index (χ2n) is 3.24. The molecule has 0 bridgehead atoms. The molecule has 0 amide bonds. The molecule has 0 spiro atoms. The molecule has 0 saturated heterocycles. The SMILES string of the molecule is COC(=O)c1cc(C=O)n2c1COCC2. The summed E-state index contributed by atoms with van der Waals surface area (Å²) in [6, 6.07) is 1.54. The third kappa shape index (κ3) is 1.55. The Hall–Kier alpha value is -1.62. The van der Waals surface area contributed by atoms with E-state index in [1.165, 1.54) is 7.11 Å². The Morgan fingerprint density at radius 3 is 3.13 bits per heavy atom. The molecule has 2 heterocycles. The van der Waals surface area contributed by atoms with Gasteiger partial charge in [-0.2, -0.15) is 0 Å². The molecule has 0 aliphatic carbocycles. The van der Waals surface area contributed by atoms with Crippen LogP contribution in [0.15, 0.2) is 6.07 Å². The number of carbonyl (C=O) groups excluding carboxylic acids is 2. The molecule has 2 rings (SSSR count). The number of aldehydes is 1. The predicted octanol–water partition coefficient (Wildman–Crippen LogP) is 0.617. The van der Waals surface area contributed by atoms with Crippen molar-refractivity contribution in [1.82, 2.24) is 4.57 Å². The van der Waals surface area contributed by atoms with E-state index in [-0.39, 0.29) is 0 Å². The van der Waals surface area contributed by atoms with E-state index < -0.39 is 5.97 Å². The van der Waals surface area contributed by atoms with Crippen molar-refractivity contribution in [2.45, 2.75) is 13.2 Å². The fraction of sp³-hybridized carbons (Fsp3) is 0.400. The fourth-order valence-corrected chi connectivity index (χ4v) is 1.74. The maximum Gasteiger partial charge on any atom is 0.339 e. The van der Waals surface area contributed by atoms with Crippen LogP contribution in [0.5, 0.6) is 0 Å². The van der Waals surface area contributed by atoms with Gasteiger partial charge in [0.15, 0.2) is 6.29 Å². The predicted molar refractivity (Wildman–Crippen MR) is 50.8 cm³/mol. The standard InChI is InChI=1S/C10H11NO4/c1-14-10(13)8-4-7(5-12)11-2-3-15-6-9(8)11/h4-5H,2-3,6H2,1H3. The highest BCUT2D eigenvalue weighted by molar-refractivity contribution is 5.93. The van der Waals surface area contributed by atoms with Crippen molar-refractivity contribution in [3.63, 3.8) is 0 Å². The van der Waals surface area contributed by atoms with E-state index in [9.17, 15) is 9.59 Å². The monoisotopic (exact) mass is 209 g/mol. The van der Waals surface area contributed by atoms with Crippen molar-refractivity contribution in [1.29, 1.82) is 0 Å². The lowest BCUT2D eigenvalue weighted by Crippen LogP contribution is -2.19. The summed E-state index contributed by atoms with van der Waals surface area (Å²) >= 11 is 0. The number of methoxy groups -OCH3 is 1. The van der Waals surface area contributed by atoms with Gasteiger partial charge in [-0.15, -0.1) is 0 Å². The van der Waals surface area contributed by atoms with E-state index in [1.54, 1.807) is 10.6 Å². The van der Waals surface area contributed by atoms with E-state index in [2.05, 4.69) is 4.74 Å². The Balaban J connectivity index is 2.51. The van der Waals surface area contributed by atoms with Gasteiger partial charge in [-0.1, -0.05) is 0 Å². The van der Waals surface area contributed by atoms with Gasteiger partial charge < -0.3 is 14.0 Å². The maximum absolute atomic E-state index is 11.4. The summed E-state index contributed by atoms with van der Waals surface area (Å²) in [5, 5.41) is 0. The third-order valence-corrected chi connectivity index (χ3v) is 2.46. The first-order chi connectivity index (χ1) is 7.27. The van der Waals surface area contributed by atoms with Crippen LogP contribution in [-0.2, 0) is 22.6 Å². The molecule has 0 radical (unpaired) electrons. The number of carbonyl (C=O) groups is 2. The molecule has 1 aromatic heterocycles. The molecular weight excluding hydrogens is 198 g/mol. The molecule has 0 N–H and O–H groups in total. The van der Waals surface area contributed by atoms with Crippen molar-refractivity contribution in [2.24, 2.45) is 0 Å². The smallest absolute Gasteiger partial charge is 0.339 e. The average Bonchev–Trinajstić information content (AvgIpc) is 2.67. The number of hydrogen-bond acceptors (Lipinski definition) is 4. The topological polar surface area (TPSA) is 57.5 Å². The van der Waals surface area contributed by atoms with Gasteiger partial charge in [0.25, 0.3) is 0 Å². The fourth-order valence-electron chi connectivity index (χ4n) is 1.74. The Bertz CT molecular complexity index is 408. The lowest BCUT2D eigenvalue weighted by atomic mass is 10.2. The molecule has 0 saturated carbocycles. The first kappa shape index (κ1) is 9.92. The van der Waals surface area contributed by atoms with Crippen LogP contribution in [0, 0.1) is 0 Å². The van der Waals surface area contributed by atoms with Crippen molar-refractivity contribution in [3.05, 3.63) is 23.0 Å². The van der Waals surface area contributed by atoms with Crippen molar-refractivity contribution < 1.29 is 19.1 Å². The molecular formula is C10H11NO4. The van der Waals surface area contributed by atoms with Crippen LogP contribution in [0.1, 0.15) is 26.5 Å². The summed E-state index contributed by atoms with van der Waals surface area (Å²) in [5.41, 5.74) is 1.63. The van der Waals surface area contributed by atoms with Crippen molar-refractivity contribution in [2.75, 3.05) is 13.7 Å². The van der Waals surface area contributed by atoms with E-state index in [4.69, 9.17) is 4.74 Å². The van der Waals surface area contributed by atoms with Gasteiger partial charge in [-0.25, -0.2) is 4.79 Å². The number of rotatable bonds is 2. The first-order valence-corrected chi connectivity index (χ1v) is 4.61. The number of ether oxygens (including phenoxy) is 2. The Kier molecular flexibility index (Phi) is 2.55. The van der Waals surface area contributed by atoms with E-state index >= 15 is 0 Å². The van der Waals surface area contributed by atoms with Crippen LogP contribution in [-0.4, -0.2) is 30.5 Å². The lowest BCUT2D eigenvalue weighted by molar-refractivity contribution is 0.0574. The van der Waals surface area contributed by atoms with Gasteiger partial charge in [0, 0.05) is 6.54 Å². The summed E-state index contributed by atoms with van der Waals surface area (Å²) in [6.07, 6.45) is 0.737. The van der Waals surface area contributed by atoms with Crippen LogP contribution >= 0.6 is 0 Å². The van der Waals surface area contributed by atoms with Crippen molar-refractivity contribution in [3.8, 4) is 0 Å². The van der Waals surface area contributed by atoms with Crippen LogP contribution in [0.25, 0.3) is 0 Å². The van der Waals surface area contributed by atoms with Crippen LogP contribution < -0.4 is 0 Å². The number of aromatic nitrogens is 1. The minimum atomic E-state index is -0.433. The zero-order valence-electron chi connectivity index (χ0n) is 8.36. The van der Waals surface area contributed by atoms with Gasteiger partial charge >= 0.3 is 5.97 Å². The van der Waals surface area contributed by atoms with E-state index in [0.29, 0.717) is 31.0 Å². The second-order valence-corrected chi connectivity index (χ2v) is 3.24. The maximum atomic E-state index is 11.4. The van der Waals surface area contributed by atoms with Gasteiger partial charge in [-0.05, 0) is 6.07 Å². The highest BCUT2D eigenvalue weighted by Gasteiger charge is 2.22. The van der Waals surface area contributed by atoms with Gasteiger partial charge in [0.1, 0.15) is 0 Å². The molecule has 0 fully saturated rings. The highest BCUT2D eigenvalue weighted by atomic mass is 16.5. The first-order valence-electron chi connectivity index (χ1n) is 4.61. The summed E-state index contributed by atoms with van der Waals surface area (Å²) in [6.45, 7) is 1.50. The van der Waals surface area contributed by atoms with Crippen LogP contribution in [0.2, 0.25) is 0 Å². The number of fused-ring (bicyclic) bond motifs is 1. The minimum Gasteiger partial charge on any atom is -0.465 e. The molecule has 1 aromatic rings. The van der Waals surface area contributed by atoms with E-state index in [1.807, 2.05) is 0 Å².